The summed E-state index contributed by atoms with van der Waals surface area (Å²) >= 11 is 0. The maximum absolute atomic E-state index is 5.88. The SMILES string of the molecule is C=Cc1cccc(C)c1.C[C@@H](N)c1cccc2ccccc12.Cc1cccc(CCCC[C@H](C)c2cccc3ccccc23)c1. The van der Waals surface area contributed by atoms with Crippen LogP contribution in [0.15, 0.2) is 140 Å². The molecular weight excluding hydrogens is 542 g/mol. The van der Waals surface area contributed by atoms with Crippen molar-refractivity contribution in [3.63, 3.8) is 0 Å². The second-order valence-corrected chi connectivity index (χ2v) is 12.2. The topological polar surface area (TPSA) is 26.0 Å². The van der Waals surface area contributed by atoms with Crippen molar-refractivity contribution in [2.24, 2.45) is 5.73 Å². The van der Waals surface area contributed by atoms with Gasteiger partial charge in [-0.3, -0.25) is 0 Å². The molecule has 2 atom stereocenters. The van der Waals surface area contributed by atoms with E-state index in [1.165, 1.54) is 80.6 Å². The van der Waals surface area contributed by atoms with Gasteiger partial charge in [-0.05, 0) is 89.8 Å². The molecule has 0 spiro atoms. The molecule has 0 unspecified atom stereocenters. The number of aryl methyl sites for hydroxylation is 3. The fourth-order valence-corrected chi connectivity index (χ4v) is 5.93. The van der Waals surface area contributed by atoms with E-state index in [1.54, 1.807) is 0 Å². The zero-order valence-electron chi connectivity index (χ0n) is 27.5. The van der Waals surface area contributed by atoms with Gasteiger partial charge in [0.05, 0.1) is 0 Å². The summed E-state index contributed by atoms with van der Waals surface area (Å²) in [6.45, 7) is 12.3. The number of fused-ring (bicyclic) bond motifs is 2. The highest BCUT2D eigenvalue weighted by Crippen LogP contribution is 2.29. The Morgan fingerprint density at radius 3 is 1.71 bits per heavy atom. The van der Waals surface area contributed by atoms with Crippen molar-refractivity contribution < 1.29 is 0 Å². The van der Waals surface area contributed by atoms with Gasteiger partial charge in [0.2, 0.25) is 0 Å². The molecule has 1 nitrogen and oxygen atoms in total. The zero-order chi connectivity index (χ0) is 32.0. The van der Waals surface area contributed by atoms with E-state index in [0.29, 0.717) is 5.92 Å². The number of hydrogen-bond donors (Lipinski definition) is 1. The van der Waals surface area contributed by atoms with Crippen LogP contribution >= 0.6 is 0 Å². The van der Waals surface area contributed by atoms with Crippen LogP contribution in [0, 0.1) is 13.8 Å². The Kier molecular flexibility index (Phi) is 12.7. The Hall–Kier alpha value is -4.46. The Morgan fingerprint density at radius 1 is 0.600 bits per heavy atom. The first-order valence-corrected chi connectivity index (χ1v) is 16.3. The fraction of sp³-hybridized carbons (Fsp3) is 0.227. The van der Waals surface area contributed by atoms with Gasteiger partial charge in [-0.1, -0.05) is 171 Å². The minimum Gasteiger partial charge on any atom is -0.324 e. The van der Waals surface area contributed by atoms with Gasteiger partial charge in [-0.2, -0.15) is 0 Å². The van der Waals surface area contributed by atoms with Gasteiger partial charge in [0.25, 0.3) is 0 Å². The predicted molar refractivity (Wildman–Crippen MR) is 199 cm³/mol. The summed E-state index contributed by atoms with van der Waals surface area (Å²) in [4.78, 5) is 0. The zero-order valence-corrected chi connectivity index (χ0v) is 27.5. The van der Waals surface area contributed by atoms with E-state index in [9.17, 15) is 0 Å². The molecule has 0 aliphatic rings. The molecule has 1 heteroatoms. The first-order valence-electron chi connectivity index (χ1n) is 16.3. The highest BCUT2D eigenvalue weighted by atomic mass is 14.6. The molecule has 0 saturated carbocycles. The molecule has 0 aromatic heterocycles. The van der Waals surface area contributed by atoms with Gasteiger partial charge in [0, 0.05) is 6.04 Å². The van der Waals surface area contributed by atoms with E-state index in [0.717, 1.165) is 0 Å². The van der Waals surface area contributed by atoms with Crippen LogP contribution in [-0.4, -0.2) is 0 Å². The molecule has 0 bridgehead atoms. The minimum absolute atomic E-state index is 0.103. The lowest BCUT2D eigenvalue weighted by Crippen LogP contribution is -2.05. The van der Waals surface area contributed by atoms with Gasteiger partial charge in [-0.15, -0.1) is 0 Å². The summed E-state index contributed by atoms with van der Waals surface area (Å²) in [6.07, 6.45) is 6.88. The third kappa shape index (κ3) is 10.0. The third-order valence-electron chi connectivity index (χ3n) is 8.38. The van der Waals surface area contributed by atoms with Crippen LogP contribution in [0.25, 0.3) is 27.6 Å². The van der Waals surface area contributed by atoms with Gasteiger partial charge in [-0.25, -0.2) is 0 Å². The normalized spacial score (nSPS) is 11.9. The summed E-state index contributed by atoms with van der Waals surface area (Å²) in [5.41, 5.74) is 13.9. The molecule has 0 heterocycles. The number of nitrogens with two attached hydrogens (primary N) is 1. The van der Waals surface area contributed by atoms with Crippen molar-refractivity contribution >= 4 is 27.6 Å². The fourth-order valence-electron chi connectivity index (χ4n) is 5.93. The molecule has 45 heavy (non-hydrogen) atoms. The van der Waals surface area contributed by atoms with Gasteiger partial charge in [0.15, 0.2) is 0 Å². The van der Waals surface area contributed by atoms with Crippen molar-refractivity contribution in [1.82, 2.24) is 0 Å². The monoisotopic (exact) mass is 591 g/mol. The maximum atomic E-state index is 5.88. The standard InChI is InChI=1S/C23H26.C12H13N.C9H10/c1-18-9-7-12-20(17-18)11-4-3-10-19(2)22-16-8-14-21-13-5-6-15-23(21)22;1-9(13)11-8-4-6-10-5-2-3-7-12(10)11;1-3-9-6-4-5-8(2)7-9/h5-9,12-17,19H,3-4,10-11H2,1-2H3;2-9H,13H2,1H3;3-7H,1H2,2H3/t19-;9-;/m01./s1. The molecule has 230 valence electrons. The molecule has 6 rings (SSSR count). The first kappa shape index (κ1) is 33.4. The van der Waals surface area contributed by atoms with Gasteiger partial charge in [0.1, 0.15) is 0 Å². The first-order chi connectivity index (χ1) is 21.9. The molecule has 0 fully saturated rings. The minimum atomic E-state index is 0.103. The lowest BCUT2D eigenvalue weighted by molar-refractivity contribution is 0.607. The maximum Gasteiger partial charge on any atom is 0.0272 e. The quantitative estimate of drug-likeness (QED) is 0.175. The molecular formula is C44H49N. The van der Waals surface area contributed by atoms with Crippen LogP contribution in [0.3, 0.4) is 0 Å². The van der Waals surface area contributed by atoms with E-state index < -0.39 is 0 Å². The van der Waals surface area contributed by atoms with Crippen molar-refractivity contribution in [2.45, 2.75) is 65.3 Å². The predicted octanol–water partition coefficient (Wildman–Crippen LogP) is 12.2. The molecule has 0 radical (unpaired) electrons. The lowest BCUT2D eigenvalue weighted by atomic mass is 9.90. The van der Waals surface area contributed by atoms with E-state index in [2.05, 4.69) is 137 Å². The Morgan fingerprint density at radius 2 is 1.13 bits per heavy atom. The Bertz CT molecular complexity index is 1780. The Balaban J connectivity index is 0.000000175. The summed E-state index contributed by atoms with van der Waals surface area (Å²) < 4.78 is 0. The number of unbranched alkanes of at least 4 members (excludes halogenated alkanes) is 1. The van der Waals surface area contributed by atoms with Crippen LogP contribution in [0.1, 0.15) is 78.5 Å². The summed E-state index contributed by atoms with van der Waals surface area (Å²) in [7, 11) is 0. The van der Waals surface area contributed by atoms with Crippen molar-refractivity contribution in [2.75, 3.05) is 0 Å². The van der Waals surface area contributed by atoms with Crippen LogP contribution in [0.5, 0.6) is 0 Å². The average molecular weight is 592 g/mol. The second kappa shape index (κ2) is 17.1. The van der Waals surface area contributed by atoms with Gasteiger partial charge >= 0.3 is 0 Å². The number of hydrogen-bond acceptors (Lipinski definition) is 1. The van der Waals surface area contributed by atoms with Crippen LogP contribution in [-0.2, 0) is 6.42 Å². The lowest BCUT2D eigenvalue weighted by Gasteiger charge is -2.14. The highest BCUT2D eigenvalue weighted by Gasteiger charge is 2.09. The molecule has 0 aliphatic heterocycles. The van der Waals surface area contributed by atoms with Crippen molar-refractivity contribution in [1.29, 1.82) is 0 Å². The molecule has 0 saturated heterocycles. The van der Waals surface area contributed by atoms with Crippen molar-refractivity contribution in [3.05, 3.63) is 173 Å². The van der Waals surface area contributed by atoms with E-state index in [4.69, 9.17) is 5.73 Å². The second-order valence-electron chi connectivity index (χ2n) is 12.2. The summed E-state index contributed by atoms with van der Waals surface area (Å²) in [5.74, 6) is 0.624. The van der Waals surface area contributed by atoms with Crippen LogP contribution < -0.4 is 5.73 Å². The van der Waals surface area contributed by atoms with Crippen LogP contribution in [0.2, 0.25) is 0 Å². The summed E-state index contributed by atoms with van der Waals surface area (Å²) in [5, 5.41) is 5.30. The third-order valence-corrected chi connectivity index (χ3v) is 8.38. The number of benzene rings is 6. The van der Waals surface area contributed by atoms with E-state index in [-0.39, 0.29) is 6.04 Å². The van der Waals surface area contributed by atoms with E-state index >= 15 is 0 Å². The largest absolute Gasteiger partial charge is 0.324 e. The molecule has 0 aliphatic carbocycles. The number of rotatable bonds is 8. The van der Waals surface area contributed by atoms with E-state index in [1.807, 2.05) is 37.3 Å². The molecule has 6 aromatic carbocycles. The molecule has 6 aromatic rings. The highest BCUT2D eigenvalue weighted by molar-refractivity contribution is 5.86. The van der Waals surface area contributed by atoms with Crippen LogP contribution in [0.4, 0.5) is 0 Å². The smallest absolute Gasteiger partial charge is 0.0272 e. The average Bonchev–Trinajstić information content (AvgIpc) is 3.06. The summed E-state index contributed by atoms with van der Waals surface area (Å²) in [6, 6.07) is 47.3. The Labute approximate surface area is 271 Å². The molecule has 0 amide bonds. The molecule has 2 N–H and O–H groups in total. The van der Waals surface area contributed by atoms with Gasteiger partial charge < -0.3 is 5.73 Å². The van der Waals surface area contributed by atoms with Crippen molar-refractivity contribution in [3.8, 4) is 0 Å².